The molecule has 3 unspecified atom stereocenters. The Bertz CT molecular complexity index is 275. The van der Waals surface area contributed by atoms with E-state index in [2.05, 4.69) is 11.8 Å². The van der Waals surface area contributed by atoms with Gasteiger partial charge in [-0.2, -0.15) is 0 Å². The molecule has 2 N–H and O–H groups in total. The fourth-order valence-electron chi connectivity index (χ4n) is 4.27. The Morgan fingerprint density at radius 2 is 2.06 bits per heavy atom. The standard InChI is InChI=1S/C14H26N2O/c1-11-3-2-6-16(10-11)13-9-12(15)14(13)4-7-17-8-5-14/h11-13H,2-10,15H2,1H3. The van der Waals surface area contributed by atoms with E-state index in [1.54, 1.807) is 0 Å². The van der Waals surface area contributed by atoms with E-state index in [4.69, 9.17) is 10.5 Å². The van der Waals surface area contributed by atoms with E-state index >= 15 is 0 Å². The molecule has 2 heterocycles. The predicted molar refractivity (Wildman–Crippen MR) is 68.8 cm³/mol. The lowest BCUT2D eigenvalue weighted by atomic mass is 9.56. The van der Waals surface area contributed by atoms with Gasteiger partial charge in [0, 0.05) is 37.3 Å². The SMILES string of the molecule is CC1CCCN(C2CC(N)C23CCOCC3)C1. The average Bonchev–Trinajstić information content (AvgIpc) is 2.37. The van der Waals surface area contributed by atoms with Crippen LogP contribution in [0, 0.1) is 11.3 Å². The third-order valence-electron chi connectivity index (χ3n) is 5.43. The molecule has 3 rings (SSSR count). The molecule has 3 atom stereocenters. The van der Waals surface area contributed by atoms with Crippen LogP contribution in [0.15, 0.2) is 0 Å². The Kier molecular flexibility index (Phi) is 3.18. The average molecular weight is 238 g/mol. The molecule has 0 bridgehead atoms. The monoisotopic (exact) mass is 238 g/mol. The minimum absolute atomic E-state index is 0.398. The Morgan fingerprint density at radius 1 is 1.29 bits per heavy atom. The molecule has 3 nitrogen and oxygen atoms in total. The van der Waals surface area contributed by atoms with E-state index in [9.17, 15) is 0 Å². The second kappa shape index (κ2) is 4.52. The number of piperidine rings is 1. The fraction of sp³-hybridized carbons (Fsp3) is 1.00. The number of hydrogen-bond donors (Lipinski definition) is 1. The topological polar surface area (TPSA) is 38.5 Å². The first-order valence-electron chi connectivity index (χ1n) is 7.30. The number of nitrogens with two attached hydrogens (primary N) is 1. The Balaban J connectivity index is 1.70. The van der Waals surface area contributed by atoms with Gasteiger partial charge in [0.2, 0.25) is 0 Å². The Hall–Kier alpha value is -0.120. The first-order valence-corrected chi connectivity index (χ1v) is 7.30. The third-order valence-corrected chi connectivity index (χ3v) is 5.43. The summed E-state index contributed by atoms with van der Waals surface area (Å²) in [6.07, 6.45) is 6.37. The van der Waals surface area contributed by atoms with Gasteiger partial charge >= 0.3 is 0 Å². The van der Waals surface area contributed by atoms with E-state index in [-0.39, 0.29) is 0 Å². The summed E-state index contributed by atoms with van der Waals surface area (Å²) in [5.41, 5.74) is 6.74. The lowest BCUT2D eigenvalue weighted by molar-refractivity contribution is -0.120. The summed E-state index contributed by atoms with van der Waals surface area (Å²) >= 11 is 0. The van der Waals surface area contributed by atoms with Gasteiger partial charge in [0.05, 0.1) is 0 Å². The molecule has 3 heteroatoms. The van der Waals surface area contributed by atoms with Crippen LogP contribution in [0.4, 0.5) is 0 Å². The van der Waals surface area contributed by atoms with Crippen molar-refractivity contribution in [2.45, 2.75) is 51.1 Å². The van der Waals surface area contributed by atoms with E-state index in [1.165, 1.54) is 45.2 Å². The second-order valence-corrected chi connectivity index (χ2v) is 6.45. The maximum Gasteiger partial charge on any atom is 0.0472 e. The highest BCUT2D eigenvalue weighted by atomic mass is 16.5. The van der Waals surface area contributed by atoms with Crippen molar-refractivity contribution in [2.75, 3.05) is 26.3 Å². The molecule has 0 radical (unpaired) electrons. The lowest BCUT2D eigenvalue weighted by Gasteiger charge is -2.61. The summed E-state index contributed by atoms with van der Waals surface area (Å²) in [5.74, 6) is 0.873. The van der Waals surface area contributed by atoms with Gasteiger partial charge in [-0.1, -0.05) is 6.92 Å². The number of likely N-dealkylation sites (tertiary alicyclic amines) is 1. The van der Waals surface area contributed by atoms with Crippen LogP contribution in [0.3, 0.4) is 0 Å². The van der Waals surface area contributed by atoms with Gasteiger partial charge in [-0.15, -0.1) is 0 Å². The summed E-state index contributed by atoms with van der Waals surface area (Å²) in [4.78, 5) is 2.74. The molecule has 1 spiro atoms. The zero-order valence-electron chi connectivity index (χ0n) is 11.0. The Morgan fingerprint density at radius 3 is 2.71 bits per heavy atom. The predicted octanol–water partition coefficient (Wildman–Crippen LogP) is 1.61. The van der Waals surface area contributed by atoms with Crippen molar-refractivity contribution in [1.82, 2.24) is 4.90 Å². The molecule has 1 aliphatic carbocycles. The van der Waals surface area contributed by atoms with E-state index in [1.807, 2.05) is 0 Å². The quantitative estimate of drug-likeness (QED) is 0.754. The van der Waals surface area contributed by atoms with Crippen molar-refractivity contribution in [3.8, 4) is 0 Å². The van der Waals surface area contributed by atoms with E-state index in [0.717, 1.165) is 25.2 Å². The number of rotatable bonds is 1. The van der Waals surface area contributed by atoms with Crippen molar-refractivity contribution >= 4 is 0 Å². The van der Waals surface area contributed by atoms with Crippen LogP contribution in [0.25, 0.3) is 0 Å². The van der Waals surface area contributed by atoms with Crippen molar-refractivity contribution < 1.29 is 4.74 Å². The zero-order valence-corrected chi connectivity index (χ0v) is 11.0. The van der Waals surface area contributed by atoms with Crippen LogP contribution in [0.1, 0.15) is 39.0 Å². The summed E-state index contributed by atoms with van der Waals surface area (Å²) < 4.78 is 5.53. The normalized spacial score (nSPS) is 42.4. The van der Waals surface area contributed by atoms with Crippen molar-refractivity contribution in [1.29, 1.82) is 0 Å². The van der Waals surface area contributed by atoms with Gasteiger partial charge in [0.15, 0.2) is 0 Å². The summed E-state index contributed by atoms with van der Waals surface area (Å²) in [6, 6.07) is 1.18. The molecule has 2 aliphatic heterocycles. The molecule has 17 heavy (non-hydrogen) atoms. The molecule has 0 amide bonds. The maximum atomic E-state index is 6.34. The van der Waals surface area contributed by atoms with Crippen molar-refractivity contribution in [2.24, 2.45) is 17.1 Å². The van der Waals surface area contributed by atoms with Crippen LogP contribution in [0.5, 0.6) is 0 Å². The second-order valence-electron chi connectivity index (χ2n) is 6.45. The first-order chi connectivity index (χ1) is 8.22. The summed E-state index contributed by atoms with van der Waals surface area (Å²) in [5, 5.41) is 0. The minimum Gasteiger partial charge on any atom is -0.381 e. The van der Waals surface area contributed by atoms with Crippen LogP contribution in [-0.4, -0.2) is 43.3 Å². The minimum atomic E-state index is 0.398. The van der Waals surface area contributed by atoms with Gasteiger partial charge in [-0.25, -0.2) is 0 Å². The highest BCUT2D eigenvalue weighted by Crippen LogP contribution is 2.51. The van der Waals surface area contributed by atoms with Crippen molar-refractivity contribution in [3.05, 3.63) is 0 Å². The number of ether oxygens (including phenoxy) is 1. The van der Waals surface area contributed by atoms with Crippen molar-refractivity contribution in [3.63, 3.8) is 0 Å². The number of hydrogen-bond acceptors (Lipinski definition) is 3. The number of nitrogens with zero attached hydrogens (tertiary/aromatic N) is 1. The van der Waals surface area contributed by atoms with Gasteiger partial charge in [-0.3, -0.25) is 4.90 Å². The van der Waals surface area contributed by atoms with Crippen LogP contribution >= 0.6 is 0 Å². The maximum absolute atomic E-state index is 6.34. The largest absolute Gasteiger partial charge is 0.381 e. The third kappa shape index (κ3) is 1.92. The molecule has 2 saturated heterocycles. The molecule has 3 aliphatic rings. The Labute approximate surface area is 105 Å². The molecule has 0 aromatic carbocycles. The lowest BCUT2D eigenvalue weighted by Crippen LogP contribution is -2.69. The highest BCUT2D eigenvalue weighted by Gasteiger charge is 2.55. The molecule has 3 fully saturated rings. The van der Waals surface area contributed by atoms with E-state index in [0.29, 0.717) is 11.5 Å². The van der Waals surface area contributed by atoms with Gasteiger partial charge < -0.3 is 10.5 Å². The highest BCUT2D eigenvalue weighted by molar-refractivity contribution is 5.11. The van der Waals surface area contributed by atoms with Gasteiger partial charge in [0.25, 0.3) is 0 Å². The molecule has 0 aromatic heterocycles. The molecule has 1 saturated carbocycles. The molecular weight excluding hydrogens is 212 g/mol. The summed E-state index contributed by atoms with van der Waals surface area (Å²) in [7, 11) is 0. The summed E-state index contributed by atoms with van der Waals surface area (Å²) in [6.45, 7) is 6.83. The van der Waals surface area contributed by atoms with Crippen LogP contribution in [-0.2, 0) is 4.74 Å². The molecule has 98 valence electrons. The first kappa shape index (κ1) is 11.9. The van der Waals surface area contributed by atoms with Crippen LogP contribution in [0.2, 0.25) is 0 Å². The van der Waals surface area contributed by atoms with E-state index < -0.39 is 0 Å². The van der Waals surface area contributed by atoms with Crippen LogP contribution < -0.4 is 5.73 Å². The van der Waals surface area contributed by atoms with Gasteiger partial charge in [0.1, 0.15) is 0 Å². The van der Waals surface area contributed by atoms with Gasteiger partial charge in [-0.05, 0) is 44.6 Å². The zero-order chi connectivity index (χ0) is 11.9. The molecular formula is C14H26N2O. The smallest absolute Gasteiger partial charge is 0.0472 e. The fourth-order valence-corrected chi connectivity index (χ4v) is 4.27. The molecule has 0 aromatic rings.